The van der Waals surface area contributed by atoms with Crippen molar-refractivity contribution in [1.29, 1.82) is 0 Å². The highest BCUT2D eigenvalue weighted by molar-refractivity contribution is 7.08. The van der Waals surface area contributed by atoms with E-state index in [1.807, 2.05) is 35.9 Å². The van der Waals surface area contributed by atoms with E-state index in [-0.39, 0.29) is 5.91 Å². The van der Waals surface area contributed by atoms with Gasteiger partial charge in [-0.15, -0.1) is 0 Å². The molecule has 2 rings (SSSR count). The molecule has 0 aliphatic carbocycles. The molecule has 0 aliphatic heterocycles. The van der Waals surface area contributed by atoms with Gasteiger partial charge in [0, 0.05) is 16.6 Å². The number of aryl methyl sites for hydroxylation is 1. The normalized spacial score (nSPS) is 9.58. The van der Waals surface area contributed by atoms with Crippen LogP contribution in [-0.2, 0) is 0 Å². The molecule has 0 fully saturated rings. The predicted molar refractivity (Wildman–Crippen MR) is 79.4 cm³/mol. The third-order valence-electron chi connectivity index (χ3n) is 2.60. The second-order valence-corrected chi connectivity index (χ2v) is 4.78. The summed E-state index contributed by atoms with van der Waals surface area (Å²) >= 11 is 1.50. The lowest BCUT2D eigenvalue weighted by atomic mass is 10.1. The van der Waals surface area contributed by atoms with E-state index in [4.69, 9.17) is 5.73 Å². The Hall–Kier alpha value is -2.09. The molecule has 2 aromatic rings. The number of benzene rings is 1. The van der Waals surface area contributed by atoms with Gasteiger partial charge in [-0.05, 0) is 36.1 Å². The highest BCUT2D eigenvalue weighted by atomic mass is 32.1. The summed E-state index contributed by atoms with van der Waals surface area (Å²) < 4.78 is 0. The predicted octanol–water partition coefficient (Wildman–Crippen LogP) is 2.62. The van der Waals surface area contributed by atoms with E-state index >= 15 is 0 Å². The Kier molecular flexibility index (Phi) is 4.35. The molecule has 1 heterocycles. The average Bonchev–Trinajstić information content (AvgIpc) is 2.93. The van der Waals surface area contributed by atoms with Gasteiger partial charge >= 0.3 is 0 Å². The van der Waals surface area contributed by atoms with E-state index in [1.54, 1.807) is 6.07 Å². The van der Waals surface area contributed by atoms with Gasteiger partial charge in [-0.25, -0.2) is 0 Å². The van der Waals surface area contributed by atoms with Crippen molar-refractivity contribution < 1.29 is 4.79 Å². The Balaban J connectivity index is 2.22. The van der Waals surface area contributed by atoms with Gasteiger partial charge in [-0.2, -0.15) is 11.3 Å². The van der Waals surface area contributed by atoms with Gasteiger partial charge in [0.25, 0.3) is 5.91 Å². The summed E-state index contributed by atoms with van der Waals surface area (Å²) in [6.07, 6.45) is 0. The molecule has 1 aromatic heterocycles. The van der Waals surface area contributed by atoms with Gasteiger partial charge in [-0.3, -0.25) is 4.79 Å². The fraction of sp³-hybridized carbons (Fsp3) is 0.133. The van der Waals surface area contributed by atoms with E-state index in [0.717, 1.165) is 16.8 Å². The molecule has 0 bridgehead atoms. The minimum Gasteiger partial charge on any atom is -0.322 e. The lowest BCUT2D eigenvalue weighted by molar-refractivity contribution is 0.102. The third-order valence-corrected chi connectivity index (χ3v) is 3.29. The van der Waals surface area contributed by atoms with Gasteiger partial charge in [-0.1, -0.05) is 17.9 Å². The first-order valence-corrected chi connectivity index (χ1v) is 6.78. The Labute approximate surface area is 116 Å². The molecule has 96 valence electrons. The number of nitrogens with one attached hydrogen (secondary N) is 1. The smallest absolute Gasteiger partial charge is 0.256 e. The van der Waals surface area contributed by atoms with Crippen molar-refractivity contribution in [3.05, 3.63) is 51.7 Å². The molecule has 0 unspecified atom stereocenters. The first kappa shape index (κ1) is 13.3. The van der Waals surface area contributed by atoms with Crippen LogP contribution >= 0.6 is 11.3 Å². The van der Waals surface area contributed by atoms with Crippen molar-refractivity contribution >= 4 is 22.9 Å². The number of nitrogens with two attached hydrogens (primary N) is 1. The second kappa shape index (κ2) is 6.19. The molecule has 0 saturated carbocycles. The quantitative estimate of drug-likeness (QED) is 0.824. The number of amides is 1. The zero-order valence-corrected chi connectivity index (χ0v) is 11.4. The fourth-order valence-corrected chi connectivity index (χ4v) is 2.21. The Bertz CT molecular complexity index is 636. The Morgan fingerprint density at radius 3 is 2.95 bits per heavy atom. The van der Waals surface area contributed by atoms with Gasteiger partial charge in [0.1, 0.15) is 0 Å². The summed E-state index contributed by atoms with van der Waals surface area (Å²) in [4.78, 5) is 12.0. The van der Waals surface area contributed by atoms with Crippen LogP contribution in [0.3, 0.4) is 0 Å². The van der Waals surface area contributed by atoms with E-state index < -0.39 is 0 Å². The highest BCUT2D eigenvalue weighted by Crippen LogP contribution is 2.18. The van der Waals surface area contributed by atoms with Gasteiger partial charge < -0.3 is 11.1 Å². The van der Waals surface area contributed by atoms with Gasteiger partial charge in [0.15, 0.2) is 0 Å². The van der Waals surface area contributed by atoms with Crippen molar-refractivity contribution in [2.24, 2.45) is 5.73 Å². The number of carbonyl (C=O) groups excluding carboxylic acids is 1. The molecule has 0 radical (unpaired) electrons. The number of rotatable bonds is 2. The molecular weight excluding hydrogens is 256 g/mol. The monoisotopic (exact) mass is 270 g/mol. The first-order chi connectivity index (χ1) is 9.20. The summed E-state index contributed by atoms with van der Waals surface area (Å²) in [6.45, 7) is 2.27. The molecule has 4 heteroatoms. The van der Waals surface area contributed by atoms with Crippen LogP contribution in [0.4, 0.5) is 5.69 Å². The van der Waals surface area contributed by atoms with Crippen LogP contribution in [0.15, 0.2) is 35.0 Å². The largest absolute Gasteiger partial charge is 0.322 e. The molecule has 1 aromatic carbocycles. The standard InChI is InChI=1S/C15H14N2OS/c1-11-4-5-12(3-2-7-16)9-14(11)17-15(18)13-6-8-19-10-13/h4-6,8-10H,7,16H2,1H3,(H,17,18). The van der Waals surface area contributed by atoms with Crippen LogP contribution in [0, 0.1) is 18.8 Å². The van der Waals surface area contributed by atoms with Crippen LogP contribution in [0.5, 0.6) is 0 Å². The maximum Gasteiger partial charge on any atom is 0.256 e. The van der Waals surface area contributed by atoms with Crippen LogP contribution in [-0.4, -0.2) is 12.5 Å². The molecule has 19 heavy (non-hydrogen) atoms. The van der Waals surface area contributed by atoms with Crippen LogP contribution < -0.4 is 11.1 Å². The van der Waals surface area contributed by atoms with Crippen molar-refractivity contribution in [1.82, 2.24) is 0 Å². The fourth-order valence-electron chi connectivity index (χ4n) is 1.58. The minimum atomic E-state index is -0.103. The van der Waals surface area contributed by atoms with E-state index in [1.165, 1.54) is 11.3 Å². The lowest BCUT2D eigenvalue weighted by Crippen LogP contribution is -2.11. The van der Waals surface area contributed by atoms with Crippen molar-refractivity contribution in [3.63, 3.8) is 0 Å². The minimum absolute atomic E-state index is 0.103. The molecule has 1 amide bonds. The molecule has 0 spiro atoms. The molecule has 3 nitrogen and oxygen atoms in total. The first-order valence-electron chi connectivity index (χ1n) is 5.84. The molecule has 3 N–H and O–H groups in total. The maximum absolute atomic E-state index is 12.0. The Morgan fingerprint density at radius 1 is 1.42 bits per heavy atom. The van der Waals surface area contributed by atoms with Crippen LogP contribution in [0.25, 0.3) is 0 Å². The van der Waals surface area contributed by atoms with Crippen LogP contribution in [0.1, 0.15) is 21.5 Å². The summed E-state index contributed by atoms with van der Waals surface area (Å²) in [5.74, 6) is 5.65. The number of hydrogen-bond acceptors (Lipinski definition) is 3. The van der Waals surface area contributed by atoms with Crippen LogP contribution in [0.2, 0.25) is 0 Å². The van der Waals surface area contributed by atoms with Gasteiger partial charge in [0.05, 0.1) is 12.1 Å². The third kappa shape index (κ3) is 3.44. The lowest BCUT2D eigenvalue weighted by Gasteiger charge is -2.08. The number of anilines is 1. The highest BCUT2D eigenvalue weighted by Gasteiger charge is 2.08. The Morgan fingerprint density at radius 2 is 2.26 bits per heavy atom. The van der Waals surface area contributed by atoms with Crippen molar-refractivity contribution in [2.75, 3.05) is 11.9 Å². The molecule has 0 atom stereocenters. The van der Waals surface area contributed by atoms with Gasteiger partial charge in [0.2, 0.25) is 0 Å². The van der Waals surface area contributed by atoms with Crippen molar-refractivity contribution in [3.8, 4) is 11.8 Å². The summed E-state index contributed by atoms with van der Waals surface area (Å²) in [5, 5.41) is 6.60. The van der Waals surface area contributed by atoms with E-state index in [2.05, 4.69) is 17.2 Å². The molecule has 0 aliphatic rings. The SMILES string of the molecule is Cc1ccc(C#CCN)cc1NC(=O)c1ccsc1. The summed E-state index contributed by atoms with van der Waals surface area (Å²) in [6, 6.07) is 7.51. The number of hydrogen-bond donors (Lipinski definition) is 2. The summed E-state index contributed by atoms with van der Waals surface area (Å²) in [5.41, 5.74) is 8.64. The van der Waals surface area contributed by atoms with E-state index in [9.17, 15) is 4.79 Å². The van der Waals surface area contributed by atoms with Crippen molar-refractivity contribution in [2.45, 2.75) is 6.92 Å². The molecular formula is C15H14N2OS. The second-order valence-electron chi connectivity index (χ2n) is 4.00. The average molecular weight is 270 g/mol. The number of carbonyl (C=O) groups is 1. The zero-order valence-electron chi connectivity index (χ0n) is 10.6. The zero-order chi connectivity index (χ0) is 13.7. The maximum atomic E-state index is 12.0. The number of thiophene rings is 1. The van der Waals surface area contributed by atoms with E-state index in [0.29, 0.717) is 12.1 Å². The summed E-state index contributed by atoms with van der Waals surface area (Å²) in [7, 11) is 0. The topological polar surface area (TPSA) is 55.1 Å². The molecule has 0 saturated heterocycles.